The molecule has 0 bridgehead atoms. The van der Waals surface area contributed by atoms with Crippen LogP contribution in [0.15, 0.2) is 18.3 Å². The van der Waals surface area contributed by atoms with Crippen LogP contribution in [-0.2, 0) is 6.54 Å². The first-order valence-corrected chi connectivity index (χ1v) is 6.53. The number of hydrogen-bond acceptors (Lipinski definition) is 3. The van der Waals surface area contributed by atoms with E-state index >= 15 is 0 Å². The molecule has 0 aliphatic heterocycles. The molecule has 6 nitrogen and oxygen atoms in total. The van der Waals surface area contributed by atoms with Gasteiger partial charge in [0.1, 0.15) is 5.69 Å². The maximum Gasteiger partial charge on any atom is 0.352 e. The van der Waals surface area contributed by atoms with Crippen LogP contribution in [0.3, 0.4) is 0 Å². The van der Waals surface area contributed by atoms with Gasteiger partial charge in [-0.1, -0.05) is 6.07 Å². The summed E-state index contributed by atoms with van der Waals surface area (Å²) in [6.07, 6.45) is 1.67. The lowest BCUT2D eigenvalue weighted by atomic mass is 10.1. The molecule has 21 heavy (non-hydrogen) atoms. The van der Waals surface area contributed by atoms with Gasteiger partial charge in [-0.2, -0.15) is 0 Å². The summed E-state index contributed by atoms with van der Waals surface area (Å²) in [5, 5.41) is 11.8. The molecule has 0 unspecified atom stereocenters. The van der Waals surface area contributed by atoms with Crippen molar-refractivity contribution in [1.29, 1.82) is 0 Å². The summed E-state index contributed by atoms with van der Waals surface area (Å²) in [5.74, 6) is -1.38. The summed E-state index contributed by atoms with van der Waals surface area (Å²) < 4.78 is 0. The number of nitrogens with zero attached hydrogens (tertiary/aromatic N) is 1. The summed E-state index contributed by atoms with van der Waals surface area (Å²) in [7, 11) is 0. The third-order valence-corrected chi connectivity index (χ3v) is 3.41. The number of aromatic nitrogens is 2. The van der Waals surface area contributed by atoms with Gasteiger partial charge >= 0.3 is 5.97 Å². The number of aromatic carboxylic acids is 1. The van der Waals surface area contributed by atoms with Crippen LogP contribution in [0.5, 0.6) is 0 Å². The molecular weight excluding hydrogens is 270 g/mol. The van der Waals surface area contributed by atoms with Crippen LogP contribution in [0.1, 0.15) is 43.4 Å². The summed E-state index contributed by atoms with van der Waals surface area (Å²) in [4.78, 5) is 30.2. The van der Waals surface area contributed by atoms with Crippen molar-refractivity contribution < 1.29 is 14.7 Å². The topological polar surface area (TPSA) is 95.1 Å². The van der Waals surface area contributed by atoms with E-state index in [2.05, 4.69) is 15.3 Å². The minimum Gasteiger partial charge on any atom is -0.477 e. The van der Waals surface area contributed by atoms with Gasteiger partial charge in [0.2, 0.25) is 0 Å². The second kappa shape index (κ2) is 5.78. The number of aryl methyl sites for hydroxylation is 2. The van der Waals surface area contributed by atoms with Crippen LogP contribution in [0.2, 0.25) is 0 Å². The first-order chi connectivity index (χ1) is 9.91. The van der Waals surface area contributed by atoms with Crippen LogP contribution in [0.25, 0.3) is 0 Å². The Kier molecular flexibility index (Phi) is 4.07. The zero-order chi connectivity index (χ0) is 15.6. The average molecular weight is 287 g/mol. The van der Waals surface area contributed by atoms with E-state index in [1.165, 1.54) is 0 Å². The fourth-order valence-corrected chi connectivity index (χ4v) is 2.26. The molecule has 0 spiro atoms. The Balaban J connectivity index is 2.18. The number of carboxylic acids is 1. The van der Waals surface area contributed by atoms with Crippen molar-refractivity contribution in [3.05, 3.63) is 52.1 Å². The molecule has 0 saturated carbocycles. The molecule has 0 fully saturated rings. The fraction of sp³-hybridized carbons (Fsp3) is 0.267. The van der Waals surface area contributed by atoms with E-state index in [0.717, 1.165) is 11.3 Å². The molecule has 0 radical (unpaired) electrons. The third kappa shape index (κ3) is 2.94. The molecule has 2 rings (SSSR count). The highest BCUT2D eigenvalue weighted by Gasteiger charge is 2.21. The number of nitrogens with one attached hydrogen (secondary N) is 2. The summed E-state index contributed by atoms with van der Waals surface area (Å²) in [5.41, 5.74) is 3.18. The number of carbonyl (C=O) groups excluding carboxylic acids is 1. The van der Waals surface area contributed by atoms with Crippen molar-refractivity contribution in [3.63, 3.8) is 0 Å². The van der Waals surface area contributed by atoms with E-state index in [1.807, 2.05) is 19.1 Å². The fourth-order valence-electron chi connectivity index (χ4n) is 2.26. The first-order valence-electron chi connectivity index (χ1n) is 6.53. The van der Waals surface area contributed by atoms with Crippen molar-refractivity contribution in [2.75, 3.05) is 0 Å². The normalized spacial score (nSPS) is 10.4. The summed E-state index contributed by atoms with van der Waals surface area (Å²) >= 11 is 0. The molecule has 0 aromatic carbocycles. The van der Waals surface area contributed by atoms with Crippen molar-refractivity contribution in [2.24, 2.45) is 0 Å². The Labute approximate surface area is 122 Å². The second-order valence-corrected chi connectivity index (χ2v) is 4.88. The Morgan fingerprint density at radius 2 is 2.05 bits per heavy atom. The molecule has 0 saturated heterocycles. The van der Waals surface area contributed by atoms with Crippen LogP contribution < -0.4 is 5.32 Å². The van der Waals surface area contributed by atoms with E-state index < -0.39 is 5.97 Å². The van der Waals surface area contributed by atoms with Gasteiger partial charge in [0.15, 0.2) is 0 Å². The minimum atomic E-state index is -1.07. The highest BCUT2D eigenvalue weighted by Crippen LogP contribution is 2.18. The second-order valence-electron chi connectivity index (χ2n) is 4.88. The van der Waals surface area contributed by atoms with Gasteiger partial charge in [0.25, 0.3) is 5.91 Å². The molecule has 1 amide bonds. The van der Waals surface area contributed by atoms with E-state index in [1.54, 1.807) is 20.0 Å². The summed E-state index contributed by atoms with van der Waals surface area (Å²) in [6, 6.07) is 3.75. The molecule has 2 aromatic heterocycles. The molecule has 0 aliphatic carbocycles. The van der Waals surface area contributed by atoms with Gasteiger partial charge in [0, 0.05) is 11.9 Å². The largest absolute Gasteiger partial charge is 0.477 e. The predicted molar refractivity (Wildman–Crippen MR) is 77.4 cm³/mol. The van der Waals surface area contributed by atoms with E-state index in [-0.39, 0.29) is 11.6 Å². The Morgan fingerprint density at radius 1 is 1.33 bits per heavy atom. The van der Waals surface area contributed by atoms with E-state index in [0.29, 0.717) is 23.4 Å². The van der Waals surface area contributed by atoms with Crippen LogP contribution in [0.4, 0.5) is 0 Å². The Bertz CT molecular complexity index is 704. The number of rotatable bonds is 4. The smallest absolute Gasteiger partial charge is 0.352 e. The van der Waals surface area contributed by atoms with E-state index in [4.69, 9.17) is 5.11 Å². The standard InChI is InChI=1S/C15H17N3O3/c1-8-5-4-6-16-11(8)7-17-14(19)12-9(2)13(15(20)21)18-10(12)3/h4-6,18H,7H2,1-3H3,(H,17,19)(H,20,21). The first kappa shape index (κ1) is 14.8. The molecule has 6 heteroatoms. The number of amides is 1. The maximum atomic E-state index is 12.3. The van der Waals surface area contributed by atoms with Gasteiger partial charge in [-0.05, 0) is 38.0 Å². The average Bonchev–Trinajstić information content (AvgIpc) is 2.73. The lowest BCUT2D eigenvalue weighted by molar-refractivity contribution is 0.0690. The Hall–Kier alpha value is -2.63. The van der Waals surface area contributed by atoms with Crippen molar-refractivity contribution in [1.82, 2.24) is 15.3 Å². The van der Waals surface area contributed by atoms with Gasteiger partial charge in [-0.3, -0.25) is 9.78 Å². The number of hydrogen-bond donors (Lipinski definition) is 3. The zero-order valence-electron chi connectivity index (χ0n) is 12.2. The Morgan fingerprint density at radius 3 is 2.62 bits per heavy atom. The zero-order valence-corrected chi connectivity index (χ0v) is 12.2. The lowest BCUT2D eigenvalue weighted by Crippen LogP contribution is -2.24. The molecule has 3 N–H and O–H groups in total. The monoisotopic (exact) mass is 287 g/mol. The quantitative estimate of drug-likeness (QED) is 0.801. The summed E-state index contributed by atoms with van der Waals surface area (Å²) in [6.45, 7) is 5.52. The number of H-pyrrole nitrogens is 1. The lowest BCUT2D eigenvalue weighted by Gasteiger charge is -2.07. The van der Waals surface area contributed by atoms with Crippen molar-refractivity contribution in [2.45, 2.75) is 27.3 Å². The molecule has 2 aromatic rings. The highest BCUT2D eigenvalue weighted by molar-refractivity contribution is 6.00. The maximum absolute atomic E-state index is 12.3. The number of aromatic amines is 1. The molecule has 2 heterocycles. The third-order valence-electron chi connectivity index (χ3n) is 3.41. The van der Waals surface area contributed by atoms with Crippen LogP contribution in [-0.4, -0.2) is 27.0 Å². The van der Waals surface area contributed by atoms with Gasteiger partial charge in [-0.25, -0.2) is 4.79 Å². The van der Waals surface area contributed by atoms with E-state index in [9.17, 15) is 9.59 Å². The SMILES string of the molecule is Cc1cccnc1CNC(=O)c1c(C)[nH]c(C(=O)O)c1C. The van der Waals surface area contributed by atoms with Crippen LogP contribution in [0, 0.1) is 20.8 Å². The van der Waals surface area contributed by atoms with Gasteiger partial charge in [-0.15, -0.1) is 0 Å². The van der Waals surface area contributed by atoms with Crippen molar-refractivity contribution >= 4 is 11.9 Å². The van der Waals surface area contributed by atoms with Crippen molar-refractivity contribution in [3.8, 4) is 0 Å². The highest BCUT2D eigenvalue weighted by atomic mass is 16.4. The minimum absolute atomic E-state index is 0.0478. The molecule has 110 valence electrons. The van der Waals surface area contributed by atoms with Crippen LogP contribution >= 0.6 is 0 Å². The number of pyridine rings is 1. The predicted octanol–water partition coefficient (Wildman–Crippen LogP) is 1.96. The number of carbonyl (C=O) groups is 2. The number of carboxylic acid groups (broad SMARTS) is 1. The van der Waals surface area contributed by atoms with Gasteiger partial charge in [0.05, 0.1) is 17.8 Å². The molecule has 0 aliphatic rings. The molecular formula is C15H17N3O3. The van der Waals surface area contributed by atoms with Gasteiger partial charge < -0.3 is 15.4 Å². The molecule has 0 atom stereocenters.